The smallest absolute Gasteiger partial charge is 0.408 e. The lowest BCUT2D eigenvalue weighted by atomic mass is 10.1. The zero-order chi connectivity index (χ0) is 20.8. The first-order valence-electron chi connectivity index (χ1n) is 8.53. The lowest BCUT2D eigenvalue weighted by molar-refractivity contribution is -0.384. The number of hydrogen-bond acceptors (Lipinski definition) is 8. The van der Waals surface area contributed by atoms with Gasteiger partial charge >= 0.3 is 12.1 Å². The number of carboxylic acid groups (broad SMARTS) is 1. The fourth-order valence-corrected chi connectivity index (χ4v) is 2.52. The van der Waals surface area contributed by atoms with Crippen molar-refractivity contribution in [3.05, 3.63) is 51.6 Å². The molecule has 0 aromatic heterocycles. The van der Waals surface area contributed by atoms with Gasteiger partial charge in [0.05, 0.1) is 10.8 Å². The van der Waals surface area contributed by atoms with Gasteiger partial charge in [-0.15, -0.1) is 11.8 Å². The van der Waals surface area contributed by atoms with Crippen molar-refractivity contribution in [1.29, 1.82) is 0 Å². The van der Waals surface area contributed by atoms with E-state index < -0.39 is 23.0 Å². The Morgan fingerprint density at radius 1 is 1.36 bits per heavy atom. The van der Waals surface area contributed by atoms with Crippen molar-refractivity contribution in [1.82, 2.24) is 10.6 Å². The average molecular weight is 412 g/mol. The van der Waals surface area contributed by atoms with E-state index in [4.69, 9.17) is 15.6 Å². The molecule has 0 aliphatic carbocycles. The summed E-state index contributed by atoms with van der Waals surface area (Å²) < 4.78 is 4.91. The van der Waals surface area contributed by atoms with Gasteiger partial charge in [-0.3, -0.25) is 10.1 Å². The number of unbranched alkanes of at least 4 members (excludes halogenated alkanes) is 1. The summed E-state index contributed by atoms with van der Waals surface area (Å²) in [5.41, 5.74) is 5.82. The summed E-state index contributed by atoms with van der Waals surface area (Å²) in [6.45, 7) is 0.343. The topological polar surface area (TPSA) is 157 Å². The van der Waals surface area contributed by atoms with Crippen molar-refractivity contribution in [2.24, 2.45) is 5.73 Å². The second-order valence-corrected chi connectivity index (χ2v) is 6.53. The number of carbonyl (C=O) groups is 2. The minimum atomic E-state index is -1.14. The van der Waals surface area contributed by atoms with E-state index in [0.29, 0.717) is 24.9 Å². The molecule has 0 unspecified atom stereocenters. The molecule has 1 atom stereocenters. The summed E-state index contributed by atoms with van der Waals surface area (Å²) in [6, 6.07) is 4.47. The van der Waals surface area contributed by atoms with Crippen LogP contribution < -0.4 is 16.4 Å². The number of nitro benzene ring substituents is 1. The number of nitrogens with two attached hydrogens (primary N) is 1. The maximum Gasteiger partial charge on any atom is 0.408 e. The minimum Gasteiger partial charge on any atom is -0.480 e. The number of alkyl carbamates (subject to hydrolysis) is 1. The van der Waals surface area contributed by atoms with Crippen LogP contribution in [0.25, 0.3) is 0 Å². The molecule has 2 rings (SSSR count). The number of nitro groups is 1. The number of carboxylic acids is 1. The Morgan fingerprint density at radius 3 is 2.54 bits per heavy atom. The van der Waals surface area contributed by atoms with Gasteiger partial charge in [0, 0.05) is 18.3 Å². The fraction of sp³-hybridized carbons (Fsp3) is 0.412. The van der Waals surface area contributed by atoms with Crippen molar-refractivity contribution in [2.45, 2.75) is 31.9 Å². The average Bonchev–Trinajstić information content (AvgIpc) is 3.26. The van der Waals surface area contributed by atoms with E-state index in [1.165, 1.54) is 24.3 Å². The number of ether oxygens (including phenoxy) is 1. The monoisotopic (exact) mass is 412 g/mol. The maximum absolute atomic E-state index is 11.6. The molecule has 5 N–H and O–H groups in total. The van der Waals surface area contributed by atoms with Crippen molar-refractivity contribution in [3.63, 3.8) is 0 Å². The minimum absolute atomic E-state index is 0.0657. The Bertz CT molecular complexity index is 662. The highest BCUT2D eigenvalue weighted by Gasteiger charge is 2.20. The van der Waals surface area contributed by atoms with Crippen molar-refractivity contribution < 1.29 is 24.4 Å². The lowest BCUT2D eigenvalue weighted by Gasteiger charge is -2.14. The number of thioether (sulfide) groups is 1. The molecule has 28 heavy (non-hydrogen) atoms. The summed E-state index contributed by atoms with van der Waals surface area (Å²) >= 11 is 1.78. The van der Waals surface area contributed by atoms with Crippen molar-refractivity contribution >= 4 is 29.5 Å². The summed E-state index contributed by atoms with van der Waals surface area (Å²) in [5.74, 6) is -0.0886. The van der Waals surface area contributed by atoms with Gasteiger partial charge in [-0.1, -0.05) is 0 Å². The molecular weight excluding hydrogens is 388 g/mol. The fourth-order valence-electron chi connectivity index (χ4n) is 2.04. The van der Waals surface area contributed by atoms with E-state index in [-0.39, 0.29) is 18.7 Å². The van der Waals surface area contributed by atoms with Crippen LogP contribution >= 0.6 is 11.8 Å². The molecule has 10 nitrogen and oxygen atoms in total. The highest BCUT2D eigenvalue weighted by molar-refractivity contribution is 8.02. The third-order valence-electron chi connectivity index (χ3n) is 3.50. The third-order valence-corrected chi connectivity index (χ3v) is 4.16. The van der Waals surface area contributed by atoms with Gasteiger partial charge in [-0.25, -0.2) is 9.59 Å². The second kappa shape index (κ2) is 13.4. The number of rotatable bonds is 9. The molecule has 0 bridgehead atoms. The predicted molar refractivity (Wildman–Crippen MR) is 105 cm³/mol. The molecule has 1 aliphatic rings. The third kappa shape index (κ3) is 9.78. The summed E-state index contributed by atoms with van der Waals surface area (Å²) in [7, 11) is 0. The van der Waals surface area contributed by atoms with Crippen LogP contribution in [-0.2, 0) is 16.1 Å². The first kappa shape index (κ1) is 23.2. The van der Waals surface area contributed by atoms with Crippen molar-refractivity contribution in [2.75, 3.05) is 12.4 Å². The largest absolute Gasteiger partial charge is 0.480 e. The van der Waals surface area contributed by atoms with Crippen LogP contribution in [0, 0.1) is 10.1 Å². The molecule has 0 fully saturated rings. The molecule has 1 aliphatic heterocycles. The van der Waals surface area contributed by atoms with Crippen LogP contribution in [0.3, 0.4) is 0 Å². The number of hydrogen-bond donors (Lipinski definition) is 4. The molecule has 1 amide bonds. The van der Waals surface area contributed by atoms with Gasteiger partial charge in [0.25, 0.3) is 5.69 Å². The van der Waals surface area contributed by atoms with Gasteiger partial charge in [0.15, 0.2) is 0 Å². The Balaban J connectivity index is 0.000000674. The number of amides is 1. The SMILES string of the molecule is C1=CSCN1.NCCCC[C@H](NC(=O)OCc1ccc([N+](=O)[O-])cc1)C(=O)O. The lowest BCUT2D eigenvalue weighted by Crippen LogP contribution is -2.41. The Labute approximate surface area is 166 Å². The van der Waals surface area contributed by atoms with Crippen LogP contribution in [0.2, 0.25) is 0 Å². The van der Waals surface area contributed by atoms with Gasteiger partial charge in [-0.05, 0) is 48.9 Å². The summed E-state index contributed by atoms with van der Waals surface area (Å²) in [5, 5.41) is 26.9. The zero-order valence-corrected chi connectivity index (χ0v) is 16.0. The molecule has 154 valence electrons. The number of non-ortho nitro benzene ring substituents is 1. The molecular formula is C17H24N4O6S. The summed E-state index contributed by atoms with van der Waals surface area (Å²) in [6.07, 6.45) is 2.60. The molecule has 0 spiro atoms. The first-order chi connectivity index (χ1) is 13.4. The molecule has 0 saturated heterocycles. The predicted octanol–water partition coefficient (Wildman–Crippen LogP) is 2.15. The van der Waals surface area contributed by atoms with Crippen LogP contribution in [-0.4, -0.2) is 40.6 Å². The molecule has 1 aromatic rings. The van der Waals surface area contributed by atoms with Crippen LogP contribution in [0.4, 0.5) is 10.5 Å². The van der Waals surface area contributed by atoms with E-state index in [0.717, 1.165) is 5.88 Å². The van der Waals surface area contributed by atoms with Crippen LogP contribution in [0.15, 0.2) is 35.9 Å². The normalized spacial score (nSPS) is 12.9. The van der Waals surface area contributed by atoms with E-state index in [2.05, 4.69) is 10.6 Å². The van der Waals surface area contributed by atoms with E-state index in [1.54, 1.807) is 11.8 Å². The Kier molecular flexibility index (Phi) is 11.1. The highest BCUT2D eigenvalue weighted by Crippen LogP contribution is 2.12. The Hall–Kier alpha value is -2.79. The van der Waals surface area contributed by atoms with Gasteiger partial charge in [0.2, 0.25) is 0 Å². The Morgan fingerprint density at radius 2 is 2.07 bits per heavy atom. The molecule has 1 aromatic carbocycles. The number of nitrogens with zero attached hydrogens (tertiary/aromatic N) is 1. The van der Waals surface area contributed by atoms with Crippen molar-refractivity contribution in [3.8, 4) is 0 Å². The maximum atomic E-state index is 11.6. The number of nitrogens with one attached hydrogen (secondary N) is 2. The standard InChI is InChI=1S/C14H19N3O6.C3H5NS/c15-8-2-1-3-12(13(18)19)16-14(20)23-9-10-4-6-11(7-5-10)17(21)22;1-2-5-3-4-1/h4-7,12H,1-3,8-9,15H2,(H,16,20)(H,18,19);1-2,4H,3H2/t12-;/m0./s1. The molecule has 11 heteroatoms. The highest BCUT2D eigenvalue weighted by atomic mass is 32.2. The van der Waals surface area contributed by atoms with Crippen LogP contribution in [0.5, 0.6) is 0 Å². The van der Waals surface area contributed by atoms with Gasteiger partial charge in [0.1, 0.15) is 12.6 Å². The van der Waals surface area contributed by atoms with E-state index >= 15 is 0 Å². The number of benzene rings is 1. The van der Waals surface area contributed by atoms with Gasteiger partial charge < -0.3 is 26.2 Å². The van der Waals surface area contributed by atoms with Crippen LogP contribution in [0.1, 0.15) is 24.8 Å². The number of carbonyl (C=O) groups excluding carboxylic acids is 1. The molecule has 0 radical (unpaired) electrons. The second-order valence-electron chi connectivity index (χ2n) is 5.64. The van der Waals surface area contributed by atoms with E-state index in [1.807, 2.05) is 11.6 Å². The first-order valence-corrected chi connectivity index (χ1v) is 9.58. The number of aliphatic carboxylic acids is 1. The van der Waals surface area contributed by atoms with E-state index in [9.17, 15) is 19.7 Å². The molecule has 0 saturated carbocycles. The molecule has 1 heterocycles. The van der Waals surface area contributed by atoms with Gasteiger partial charge in [-0.2, -0.15) is 0 Å². The quantitative estimate of drug-likeness (QED) is 0.271. The zero-order valence-electron chi connectivity index (χ0n) is 15.2. The summed E-state index contributed by atoms with van der Waals surface area (Å²) in [4.78, 5) is 32.6.